The van der Waals surface area contributed by atoms with Crippen molar-refractivity contribution < 1.29 is 4.74 Å². The van der Waals surface area contributed by atoms with E-state index in [1.807, 2.05) is 36.0 Å². The van der Waals surface area contributed by atoms with Crippen molar-refractivity contribution in [1.29, 1.82) is 0 Å². The minimum absolute atomic E-state index is 0.216. The predicted octanol–water partition coefficient (Wildman–Crippen LogP) is 5.92. The van der Waals surface area contributed by atoms with Crippen LogP contribution in [-0.2, 0) is 5.41 Å². The summed E-state index contributed by atoms with van der Waals surface area (Å²) in [6.45, 7) is 7.43. The van der Waals surface area contributed by atoms with Crippen molar-refractivity contribution in [3.8, 4) is 5.75 Å². The van der Waals surface area contributed by atoms with E-state index >= 15 is 0 Å². The minimum atomic E-state index is 0.216. The van der Waals surface area contributed by atoms with Gasteiger partial charge in [-0.05, 0) is 47.4 Å². The summed E-state index contributed by atoms with van der Waals surface area (Å²) < 4.78 is 6.79. The lowest BCUT2D eigenvalue weighted by Crippen LogP contribution is -2.10. The summed E-state index contributed by atoms with van der Waals surface area (Å²) in [4.78, 5) is 1.29. The molecule has 2 aromatic rings. The summed E-state index contributed by atoms with van der Waals surface area (Å²) in [5.41, 5.74) is 1.59. The number of ether oxygens (including phenoxy) is 1. The Labute approximate surface area is 140 Å². The number of hydrogen-bond donors (Lipinski definition) is 0. The van der Waals surface area contributed by atoms with Crippen LogP contribution < -0.4 is 4.74 Å². The van der Waals surface area contributed by atoms with Gasteiger partial charge < -0.3 is 4.74 Å². The van der Waals surface area contributed by atoms with Crippen LogP contribution in [0.15, 0.2) is 57.9 Å². The standard InChI is InChI=1S/C18H21BrOS/c1-18(2,3)14-4-10-17(11-5-14)21-13-12-20-16-8-6-15(19)7-9-16/h4-11H,12-13H2,1-3H3. The smallest absolute Gasteiger partial charge is 0.119 e. The van der Waals surface area contributed by atoms with Crippen molar-refractivity contribution in [3.05, 3.63) is 58.6 Å². The topological polar surface area (TPSA) is 9.23 Å². The second-order valence-corrected chi connectivity index (χ2v) is 8.01. The Morgan fingerprint density at radius 1 is 0.952 bits per heavy atom. The number of benzene rings is 2. The van der Waals surface area contributed by atoms with Gasteiger partial charge in [0.15, 0.2) is 0 Å². The predicted molar refractivity (Wildman–Crippen MR) is 95.5 cm³/mol. The van der Waals surface area contributed by atoms with Crippen LogP contribution in [0.3, 0.4) is 0 Å². The molecule has 0 N–H and O–H groups in total. The highest BCUT2D eigenvalue weighted by Crippen LogP contribution is 2.25. The van der Waals surface area contributed by atoms with E-state index in [9.17, 15) is 0 Å². The summed E-state index contributed by atoms with van der Waals surface area (Å²) in [5.74, 6) is 1.87. The van der Waals surface area contributed by atoms with Gasteiger partial charge in [-0.3, -0.25) is 0 Å². The van der Waals surface area contributed by atoms with Gasteiger partial charge >= 0.3 is 0 Å². The molecule has 0 spiro atoms. The van der Waals surface area contributed by atoms with Gasteiger partial charge in [0.1, 0.15) is 5.75 Å². The Hall–Kier alpha value is -0.930. The Bertz CT molecular complexity index is 555. The van der Waals surface area contributed by atoms with Crippen molar-refractivity contribution in [2.24, 2.45) is 0 Å². The third-order valence-electron chi connectivity index (χ3n) is 3.15. The monoisotopic (exact) mass is 364 g/mol. The van der Waals surface area contributed by atoms with Gasteiger partial charge in [-0.15, -0.1) is 11.8 Å². The highest BCUT2D eigenvalue weighted by molar-refractivity contribution is 9.10. The maximum atomic E-state index is 5.72. The highest BCUT2D eigenvalue weighted by Gasteiger charge is 2.12. The molecular weight excluding hydrogens is 344 g/mol. The lowest BCUT2D eigenvalue weighted by molar-refractivity contribution is 0.344. The molecule has 1 nitrogen and oxygen atoms in total. The van der Waals surface area contributed by atoms with Crippen LogP contribution in [0.1, 0.15) is 26.3 Å². The van der Waals surface area contributed by atoms with Gasteiger partial charge in [-0.25, -0.2) is 0 Å². The van der Waals surface area contributed by atoms with Crippen LogP contribution in [-0.4, -0.2) is 12.4 Å². The molecule has 0 unspecified atom stereocenters. The first kappa shape index (κ1) is 16.4. The lowest BCUT2D eigenvalue weighted by Gasteiger charge is -2.19. The quantitative estimate of drug-likeness (QED) is 0.481. The van der Waals surface area contributed by atoms with E-state index < -0.39 is 0 Å². The first-order valence-electron chi connectivity index (χ1n) is 7.07. The second kappa shape index (κ2) is 7.37. The molecule has 2 aromatic carbocycles. The van der Waals surface area contributed by atoms with Gasteiger partial charge in [0, 0.05) is 15.1 Å². The summed E-state index contributed by atoms with van der Waals surface area (Å²) in [5, 5.41) is 0. The number of rotatable bonds is 5. The first-order chi connectivity index (χ1) is 9.95. The van der Waals surface area contributed by atoms with E-state index in [2.05, 4.69) is 61.0 Å². The van der Waals surface area contributed by atoms with Gasteiger partial charge in [-0.1, -0.05) is 48.8 Å². The molecule has 0 heterocycles. The summed E-state index contributed by atoms with van der Waals surface area (Å²) in [6, 6.07) is 16.8. The Morgan fingerprint density at radius 2 is 1.57 bits per heavy atom. The fourth-order valence-electron chi connectivity index (χ4n) is 1.90. The lowest BCUT2D eigenvalue weighted by atomic mass is 9.87. The SMILES string of the molecule is CC(C)(C)c1ccc(SCCOc2ccc(Br)cc2)cc1. The van der Waals surface area contributed by atoms with E-state index in [0.717, 1.165) is 16.0 Å². The molecule has 0 aromatic heterocycles. The summed E-state index contributed by atoms with van der Waals surface area (Å²) in [7, 11) is 0. The average molecular weight is 365 g/mol. The van der Waals surface area contributed by atoms with Gasteiger partial charge in [0.25, 0.3) is 0 Å². The average Bonchev–Trinajstić information content (AvgIpc) is 2.45. The molecule has 3 heteroatoms. The number of halogens is 1. The third kappa shape index (κ3) is 5.40. The molecule has 0 bridgehead atoms. The van der Waals surface area contributed by atoms with Crippen molar-refractivity contribution in [1.82, 2.24) is 0 Å². The molecule has 0 fully saturated rings. The van der Waals surface area contributed by atoms with Crippen molar-refractivity contribution >= 4 is 27.7 Å². The largest absolute Gasteiger partial charge is 0.493 e. The Morgan fingerprint density at radius 3 is 2.14 bits per heavy atom. The van der Waals surface area contributed by atoms with Crippen LogP contribution in [0.2, 0.25) is 0 Å². The van der Waals surface area contributed by atoms with Crippen molar-refractivity contribution in [2.75, 3.05) is 12.4 Å². The van der Waals surface area contributed by atoms with E-state index in [0.29, 0.717) is 6.61 Å². The molecule has 0 aliphatic rings. The van der Waals surface area contributed by atoms with Gasteiger partial charge in [-0.2, -0.15) is 0 Å². The molecule has 2 rings (SSSR count). The zero-order valence-electron chi connectivity index (χ0n) is 12.7. The first-order valence-corrected chi connectivity index (χ1v) is 8.85. The maximum absolute atomic E-state index is 5.72. The molecule has 112 valence electrons. The molecular formula is C18H21BrOS. The maximum Gasteiger partial charge on any atom is 0.119 e. The number of thioether (sulfide) groups is 1. The molecule has 0 atom stereocenters. The number of hydrogen-bond acceptors (Lipinski definition) is 2. The summed E-state index contributed by atoms with van der Waals surface area (Å²) >= 11 is 5.25. The molecule has 0 amide bonds. The molecule has 0 saturated heterocycles. The Kier molecular flexibility index (Phi) is 5.77. The fourth-order valence-corrected chi connectivity index (χ4v) is 2.90. The fraction of sp³-hybridized carbons (Fsp3) is 0.333. The molecule has 0 saturated carbocycles. The van der Waals surface area contributed by atoms with Crippen LogP contribution in [0.4, 0.5) is 0 Å². The normalized spacial score (nSPS) is 11.4. The molecule has 0 radical (unpaired) electrons. The zero-order valence-corrected chi connectivity index (χ0v) is 15.1. The minimum Gasteiger partial charge on any atom is -0.493 e. The van der Waals surface area contributed by atoms with Crippen LogP contribution in [0.25, 0.3) is 0 Å². The Balaban J connectivity index is 1.77. The second-order valence-electron chi connectivity index (χ2n) is 5.93. The molecule has 0 aliphatic heterocycles. The molecule has 0 aliphatic carbocycles. The summed E-state index contributed by atoms with van der Waals surface area (Å²) in [6.07, 6.45) is 0. The van der Waals surface area contributed by atoms with Crippen molar-refractivity contribution in [2.45, 2.75) is 31.1 Å². The highest BCUT2D eigenvalue weighted by atomic mass is 79.9. The van der Waals surface area contributed by atoms with E-state index in [1.165, 1.54) is 10.5 Å². The molecule has 21 heavy (non-hydrogen) atoms. The van der Waals surface area contributed by atoms with Crippen LogP contribution in [0.5, 0.6) is 5.75 Å². The van der Waals surface area contributed by atoms with Crippen molar-refractivity contribution in [3.63, 3.8) is 0 Å². The van der Waals surface area contributed by atoms with Crippen LogP contribution >= 0.6 is 27.7 Å². The van der Waals surface area contributed by atoms with Crippen LogP contribution in [0, 0.1) is 0 Å². The van der Waals surface area contributed by atoms with E-state index in [-0.39, 0.29) is 5.41 Å². The van der Waals surface area contributed by atoms with E-state index in [4.69, 9.17) is 4.74 Å². The van der Waals surface area contributed by atoms with Gasteiger partial charge in [0.2, 0.25) is 0 Å². The third-order valence-corrected chi connectivity index (χ3v) is 4.66. The zero-order chi connectivity index (χ0) is 15.3. The van der Waals surface area contributed by atoms with E-state index in [1.54, 1.807) is 0 Å². The van der Waals surface area contributed by atoms with Gasteiger partial charge in [0.05, 0.1) is 6.61 Å².